The number of benzene rings is 2. The van der Waals surface area contributed by atoms with Gasteiger partial charge in [0.2, 0.25) is 10.0 Å². The molecule has 28 heavy (non-hydrogen) atoms. The van der Waals surface area contributed by atoms with Gasteiger partial charge in [0.15, 0.2) is 5.43 Å². The zero-order chi connectivity index (χ0) is 20.1. The van der Waals surface area contributed by atoms with Crippen LogP contribution in [0, 0.1) is 5.82 Å². The molecule has 9 heteroatoms. The fraction of sp³-hybridized carbons (Fsp3) is 0.263. The Morgan fingerprint density at radius 3 is 2.54 bits per heavy atom. The highest BCUT2D eigenvalue weighted by Gasteiger charge is 2.31. The molecule has 1 unspecified atom stereocenters. The van der Waals surface area contributed by atoms with Gasteiger partial charge in [0.25, 0.3) is 5.91 Å². The van der Waals surface area contributed by atoms with Crippen LogP contribution in [0.1, 0.15) is 23.2 Å². The van der Waals surface area contributed by atoms with E-state index in [4.69, 9.17) is 5.14 Å². The van der Waals surface area contributed by atoms with Crippen LogP contribution in [0.5, 0.6) is 0 Å². The Labute approximate surface area is 160 Å². The second kappa shape index (κ2) is 6.68. The number of pyridine rings is 1. The molecule has 2 aromatic carbocycles. The number of amides is 1. The Hall–Kier alpha value is -2.78. The lowest BCUT2D eigenvalue weighted by Crippen LogP contribution is -2.47. The van der Waals surface area contributed by atoms with Gasteiger partial charge in [-0.15, -0.1) is 0 Å². The first-order valence-electron chi connectivity index (χ1n) is 8.81. The van der Waals surface area contributed by atoms with Crippen molar-refractivity contribution >= 4 is 37.7 Å². The van der Waals surface area contributed by atoms with E-state index in [0.29, 0.717) is 19.4 Å². The summed E-state index contributed by atoms with van der Waals surface area (Å²) < 4.78 is 37.6. The fourth-order valence-corrected chi connectivity index (χ4v) is 4.61. The Kier molecular flexibility index (Phi) is 4.43. The highest BCUT2D eigenvalue weighted by atomic mass is 32.2. The molecule has 1 amide bonds. The number of likely N-dealkylation sites (tertiary alicyclic amines) is 1. The van der Waals surface area contributed by atoms with Crippen LogP contribution < -0.4 is 10.6 Å². The van der Waals surface area contributed by atoms with Crippen molar-refractivity contribution in [2.24, 2.45) is 5.14 Å². The van der Waals surface area contributed by atoms with Gasteiger partial charge < -0.3 is 9.88 Å². The molecule has 0 saturated carbocycles. The molecule has 1 aliphatic heterocycles. The number of halogens is 1. The van der Waals surface area contributed by atoms with Crippen molar-refractivity contribution in [1.29, 1.82) is 0 Å². The molecule has 4 rings (SSSR count). The first-order chi connectivity index (χ1) is 13.3. The summed E-state index contributed by atoms with van der Waals surface area (Å²) in [6, 6.07) is 8.89. The summed E-state index contributed by atoms with van der Waals surface area (Å²) in [5.74, 6) is -1.02. The number of H-pyrrole nitrogens is 1. The summed E-state index contributed by atoms with van der Waals surface area (Å²) in [6.45, 7) is 0.369. The maximum absolute atomic E-state index is 14.2. The van der Waals surface area contributed by atoms with E-state index in [1.807, 2.05) is 0 Å². The van der Waals surface area contributed by atoms with Gasteiger partial charge in [0.1, 0.15) is 5.82 Å². The smallest absolute Gasteiger partial charge is 0.256 e. The van der Waals surface area contributed by atoms with Crippen LogP contribution in [0.25, 0.3) is 21.8 Å². The third-order valence-electron chi connectivity index (χ3n) is 5.18. The summed E-state index contributed by atoms with van der Waals surface area (Å²) in [7, 11) is -3.76. The average Bonchev–Trinajstić information content (AvgIpc) is 2.68. The Morgan fingerprint density at radius 2 is 1.82 bits per heavy atom. The molecule has 7 nitrogen and oxygen atoms in total. The van der Waals surface area contributed by atoms with Gasteiger partial charge in [0.05, 0.1) is 21.8 Å². The molecule has 0 bridgehead atoms. The van der Waals surface area contributed by atoms with Crippen LogP contribution in [-0.2, 0) is 10.0 Å². The molecular weight excluding hydrogens is 385 g/mol. The maximum atomic E-state index is 14.2. The molecule has 3 aromatic rings. The lowest BCUT2D eigenvalue weighted by Gasteiger charge is -2.31. The highest BCUT2D eigenvalue weighted by Crippen LogP contribution is 2.23. The van der Waals surface area contributed by atoms with E-state index in [1.165, 1.54) is 29.2 Å². The molecule has 1 fully saturated rings. The molecule has 0 spiro atoms. The normalized spacial score (nSPS) is 17.9. The van der Waals surface area contributed by atoms with Gasteiger partial charge in [-0.2, -0.15) is 0 Å². The monoisotopic (exact) mass is 403 g/mol. The first-order valence-corrected chi connectivity index (χ1v) is 10.4. The molecule has 2 heterocycles. The van der Waals surface area contributed by atoms with E-state index in [2.05, 4.69) is 4.98 Å². The number of piperidine rings is 1. The summed E-state index contributed by atoms with van der Waals surface area (Å²) in [4.78, 5) is 30.2. The van der Waals surface area contributed by atoms with Gasteiger partial charge >= 0.3 is 0 Å². The molecular formula is C19H18FN3O4S. The number of carbonyl (C=O) groups excluding carboxylic acids is 1. The van der Waals surface area contributed by atoms with Gasteiger partial charge in [-0.1, -0.05) is 12.1 Å². The topological polar surface area (TPSA) is 113 Å². The van der Waals surface area contributed by atoms with Gasteiger partial charge in [-0.05, 0) is 37.1 Å². The van der Waals surface area contributed by atoms with Crippen molar-refractivity contribution in [2.75, 3.05) is 13.1 Å². The molecule has 146 valence electrons. The number of nitrogens with two attached hydrogens (primary N) is 1. The van der Waals surface area contributed by atoms with Crippen LogP contribution >= 0.6 is 0 Å². The number of rotatable bonds is 2. The molecule has 1 aliphatic rings. The second-order valence-electron chi connectivity index (χ2n) is 6.95. The lowest BCUT2D eigenvalue weighted by molar-refractivity contribution is 0.0728. The highest BCUT2D eigenvalue weighted by molar-refractivity contribution is 7.89. The van der Waals surface area contributed by atoms with Crippen molar-refractivity contribution in [3.05, 3.63) is 58.0 Å². The Morgan fingerprint density at radius 1 is 1.14 bits per heavy atom. The van der Waals surface area contributed by atoms with E-state index in [1.54, 1.807) is 12.1 Å². The van der Waals surface area contributed by atoms with Gasteiger partial charge in [0, 0.05) is 23.9 Å². The number of nitrogens with one attached hydrogen (secondary N) is 1. The van der Waals surface area contributed by atoms with Crippen molar-refractivity contribution in [3.63, 3.8) is 0 Å². The summed E-state index contributed by atoms with van der Waals surface area (Å²) in [5, 5.41) is 4.89. The zero-order valence-corrected chi connectivity index (χ0v) is 15.6. The third-order valence-corrected chi connectivity index (χ3v) is 6.49. The number of nitrogens with zero attached hydrogens (tertiary/aromatic N) is 1. The standard InChI is InChI=1S/C19H18FN3O4S/c20-15-8-2-6-13-17(15)22-16-12(18(13)24)5-1-7-14(16)19(25)23-9-3-4-11(10-23)28(21,26)27/h1-2,5-8,11H,3-4,9-10H2,(H,22,24)(H2,21,26,27). The number of fused-ring (bicyclic) bond motifs is 2. The third kappa shape index (κ3) is 3.06. The number of para-hydroxylation sites is 2. The minimum Gasteiger partial charge on any atom is -0.351 e. The van der Waals surface area contributed by atoms with Crippen LogP contribution in [0.4, 0.5) is 4.39 Å². The number of carbonyl (C=O) groups is 1. The van der Waals surface area contributed by atoms with Crippen LogP contribution in [0.3, 0.4) is 0 Å². The number of aromatic nitrogens is 1. The minimum atomic E-state index is -3.76. The zero-order valence-electron chi connectivity index (χ0n) is 14.8. The number of hydrogen-bond acceptors (Lipinski definition) is 4. The van der Waals surface area contributed by atoms with Crippen LogP contribution in [0.15, 0.2) is 41.2 Å². The summed E-state index contributed by atoms with van der Waals surface area (Å²) in [5.41, 5.74) is 0.0721. The quantitative estimate of drug-likeness (QED) is 0.634. The maximum Gasteiger partial charge on any atom is 0.256 e. The Balaban J connectivity index is 1.85. The van der Waals surface area contributed by atoms with Crippen molar-refractivity contribution in [3.8, 4) is 0 Å². The average molecular weight is 403 g/mol. The molecule has 0 radical (unpaired) electrons. The van der Waals surface area contributed by atoms with E-state index in [-0.39, 0.29) is 39.3 Å². The lowest BCUT2D eigenvalue weighted by atomic mass is 10.0. The second-order valence-corrected chi connectivity index (χ2v) is 8.79. The first kappa shape index (κ1) is 18.6. The largest absolute Gasteiger partial charge is 0.351 e. The SMILES string of the molecule is NS(=O)(=O)C1CCCN(C(=O)c2cccc3c(=O)c4cccc(F)c4[nH]c23)C1. The van der Waals surface area contributed by atoms with E-state index in [9.17, 15) is 22.4 Å². The molecule has 1 saturated heterocycles. The molecule has 0 aliphatic carbocycles. The van der Waals surface area contributed by atoms with Crippen LogP contribution in [0.2, 0.25) is 0 Å². The number of primary sulfonamides is 1. The number of sulfonamides is 1. The van der Waals surface area contributed by atoms with Crippen molar-refractivity contribution in [2.45, 2.75) is 18.1 Å². The number of hydrogen-bond donors (Lipinski definition) is 2. The van der Waals surface area contributed by atoms with Gasteiger partial charge in [-0.25, -0.2) is 17.9 Å². The van der Waals surface area contributed by atoms with Gasteiger partial charge in [-0.3, -0.25) is 9.59 Å². The van der Waals surface area contributed by atoms with Crippen molar-refractivity contribution < 1.29 is 17.6 Å². The predicted octanol–water partition coefficient (Wildman–Crippen LogP) is 1.71. The van der Waals surface area contributed by atoms with Crippen LogP contribution in [-0.4, -0.2) is 42.5 Å². The molecule has 3 N–H and O–H groups in total. The van der Waals surface area contributed by atoms with E-state index < -0.39 is 27.0 Å². The Bertz CT molecular complexity index is 1270. The molecule has 1 aromatic heterocycles. The van der Waals surface area contributed by atoms with E-state index >= 15 is 0 Å². The summed E-state index contributed by atoms with van der Waals surface area (Å²) in [6.07, 6.45) is 0.899. The minimum absolute atomic E-state index is 0.0137. The fourth-order valence-electron chi connectivity index (χ4n) is 3.73. The predicted molar refractivity (Wildman–Crippen MR) is 104 cm³/mol. The number of aromatic amines is 1. The summed E-state index contributed by atoms with van der Waals surface area (Å²) >= 11 is 0. The van der Waals surface area contributed by atoms with E-state index in [0.717, 1.165) is 0 Å². The van der Waals surface area contributed by atoms with Crippen molar-refractivity contribution in [1.82, 2.24) is 9.88 Å². The molecule has 1 atom stereocenters.